The van der Waals surface area contributed by atoms with Gasteiger partial charge in [0, 0.05) is 41.4 Å². The van der Waals surface area contributed by atoms with Crippen LogP contribution in [-0.2, 0) is 10.8 Å². The van der Waals surface area contributed by atoms with Gasteiger partial charge in [0.15, 0.2) is 0 Å². The highest BCUT2D eigenvalue weighted by molar-refractivity contribution is 7.84. The molecule has 0 aliphatic carbocycles. The summed E-state index contributed by atoms with van der Waals surface area (Å²) in [6.45, 7) is 6.82. The van der Waals surface area contributed by atoms with Crippen LogP contribution in [0.2, 0.25) is 0 Å². The Morgan fingerprint density at radius 1 is 1.50 bits per heavy atom. The largest absolute Gasteiger partial charge is 0.311 e. The Labute approximate surface area is 102 Å². The average molecular weight is 246 g/mol. The molecule has 0 saturated carbocycles. The molecule has 1 fully saturated rings. The molecule has 0 radical (unpaired) electrons. The molecule has 1 heterocycles. The molecule has 1 rings (SSSR count). The molecule has 0 aromatic rings. The van der Waals surface area contributed by atoms with E-state index < -0.39 is 10.8 Å². The molecule has 1 aliphatic rings. The zero-order valence-electron chi connectivity index (χ0n) is 11.0. The Morgan fingerprint density at radius 2 is 2.19 bits per heavy atom. The molecule has 0 aromatic heterocycles. The summed E-state index contributed by atoms with van der Waals surface area (Å²) in [5, 5.41) is 3.58. The minimum atomic E-state index is -0.697. The summed E-state index contributed by atoms with van der Waals surface area (Å²) in [6.07, 6.45) is 4.40. The van der Waals surface area contributed by atoms with Gasteiger partial charge in [-0.15, -0.1) is 0 Å². The van der Waals surface area contributed by atoms with Gasteiger partial charge in [-0.25, -0.2) is 0 Å². The van der Waals surface area contributed by atoms with Gasteiger partial charge in [0.05, 0.1) is 0 Å². The van der Waals surface area contributed by atoms with Gasteiger partial charge in [-0.3, -0.25) is 4.21 Å². The fourth-order valence-electron chi connectivity index (χ4n) is 2.60. The summed E-state index contributed by atoms with van der Waals surface area (Å²) in [6, 6.07) is 0.884. The zero-order chi connectivity index (χ0) is 12.1. The highest BCUT2D eigenvalue weighted by atomic mass is 32.2. The van der Waals surface area contributed by atoms with Crippen molar-refractivity contribution < 1.29 is 4.21 Å². The van der Waals surface area contributed by atoms with Gasteiger partial charge in [-0.2, -0.15) is 0 Å². The van der Waals surface area contributed by atoms with Crippen LogP contribution < -0.4 is 5.32 Å². The van der Waals surface area contributed by atoms with Crippen LogP contribution in [0.25, 0.3) is 0 Å². The highest BCUT2D eigenvalue weighted by Gasteiger charge is 2.23. The van der Waals surface area contributed by atoms with Crippen LogP contribution in [0.3, 0.4) is 0 Å². The van der Waals surface area contributed by atoms with Crippen LogP contribution in [0.5, 0.6) is 0 Å². The van der Waals surface area contributed by atoms with E-state index in [1.807, 2.05) is 0 Å². The molecule has 0 spiro atoms. The zero-order valence-corrected chi connectivity index (χ0v) is 11.8. The molecule has 3 nitrogen and oxygen atoms in total. The average Bonchev–Trinajstić information content (AvgIpc) is 2.16. The highest BCUT2D eigenvalue weighted by Crippen LogP contribution is 2.18. The number of hydrogen-bond acceptors (Lipinski definition) is 3. The molecule has 96 valence electrons. The minimum Gasteiger partial charge on any atom is -0.311 e. The van der Waals surface area contributed by atoms with Crippen molar-refractivity contribution in [3.8, 4) is 0 Å². The number of rotatable bonds is 5. The van der Waals surface area contributed by atoms with Crippen LogP contribution in [0.1, 0.15) is 26.7 Å². The first-order chi connectivity index (χ1) is 7.49. The molecule has 4 unspecified atom stereocenters. The van der Waals surface area contributed by atoms with Crippen molar-refractivity contribution >= 4 is 10.8 Å². The lowest BCUT2D eigenvalue weighted by Crippen LogP contribution is -2.47. The summed E-state index contributed by atoms with van der Waals surface area (Å²) in [5.41, 5.74) is 0. The van der Waals surface area contributed by atoms with E-state index in [4.69, 9.17) is 0 Å². The maximum atomic E-state index is 11.1. The third kappa shape index (κ3) is 4.93. The van der Waals surface area contributed by atoms with Gasteiger partial charge in [0.2, 0.25) is 0 Å². The van der Waals surface area contributed by atoms with Gasteiger partial charge >= 0.3 is 0 Å². The Hall–Kier alpha value is 0.0700. The molecular formula is C12H26N2OS. The molecule has 0 aromatic carbocycles. The molecule has 4 atom stereocenters. The predicted molar refractivity (Wildman–Crippen MR) is 71.2 cm³/mol. The number of nitrogens with one attached hydrogen (secondary N) is 1. The van der Waals surface area contributed by atoms with E-state index >= 15 is 0 Å². The van der Waals surface area contributed by atoms with Gasteiger partial charge in [0.1, 0.15) is 0 Å². The van der Waals surface area contributed by atoms with Crippen molar-refractivity contribution in [1.82, 2.24) is 10.2 Å². The van der Waals surface area contributed by atoms with E-state index in [1.165, 1.54) is 25.9 Å². The Bertz CT molecular complexity index is 235. The van der Waals surface area contributed by atoms with Crippen molar-refractivity contribution in [3.05, 3.63) is 0 Å². The van der Waals surface area contributed by atoms with E-state index in [0.717, 1.165) is 11.7 Å². The smallest absolute Gasteiger partial charge is 0.0383 e. The van der Waals surface area contributed by atoms with E-state index in [0.29, 0.717) is 12.1 Å². The van der Waals surface area contributed by atoms with E-state index in [2.05, 4.69) is 31.1 Å². The first kappa shape index (κ1) is 14.1. The maximum Gasteiger partial charge on any atom is 0.0383 e. The molecule has 0 amide bonds. The maximum absolute atomic E-state index is 11.1. The molecule has 0 bridgehead atoms. The van der Waals surface area contributed by atoms with Crippen molar-refractivity contribution in [2.75, 3.05) is 32.1 Å². The van der Waals surface area contributed by atoms with E-state index in [1.54, 1.807) is 6.26 Å². The summed E-state index contributed by atoms with van der Waals surface area (Å²) < 4.78 is 11.1. The molecule has 1 aliphatic heterocycles. The lowest BCUT2D eigenvalue weighted by molar-refractivity contribution is 0.175. The summed E-state index contributed by atoms with van der Waals surface area (Å²) >= 11 is 0. The fourth-order valence-corrected chi connectivity index (χ4v) is 3.40. The third-order valence-corrected chi connectivity index (χ3v) is 4.37. The summed E-state index contributed by atoms with van der Waals surface area (Å²) in [7, 11) is 1.50. The number of nitrogens with zero attached hydrogens (tertiary/aromatic N) is 1. The van der Waals surface area contributed by atoms with Crippen LogP contribution in [-0.4, -0.2) is 53.3 Å². The summed E-state index contributed by atoms with van der Waals surface area (Å²) in [4.78, 5) is 2.41. The van der Waals surface area contributed by atoms with Crippen molar-refractivity contribution in [3.63, 3.8) is 0 Å². The number of hydrogen-bond donors (Lipinski definition) is 1. The summed E-state index contributed by atoms with van der Waals surface area (Å²) in [5.74, 6) is 1.50. The van der Waals surface area contributed by atoms with Crippen LogP contribution in [0.15, 0.2) is 0 Å². The molecule has 1 N–H and O–H groups in total. The van der Waals surface area contributed by atoms with Gasteiger partial charge in [-0.05, 0) is 46.2 Å². The van der Waals surface area contributed by atoms with Gasteiger partial charge < -0.3 is 10.2 Å². The molecular weight excluding hydrogens is 220 g/mol. The molecule has 16 heavy (non-hydrogen) atoms. The second-order valence-electron chi connectivity index (χ2n) is 5.26. The van der Waals surface area contributed by atoms with E-state index in [-0.39, 0.29) is 0 Å². The lowest BCUT2D eigenvalue weighted by Gasteiger charge is -2.35. The van der Waals surface area contributed by atoms with Crippen LogP contribution in [0, 0.1) is 5.92 Å². The van der Waals surface area contributed by atoms with Crippen LogP contribution >= 0.6 is 0 Å². The lowest BCUT2D eigenvalue weighted by atomic mass is 9.91. The Kier molecular flexibility index (Phi) is 5.94. The van der Waals surface area contributed by atoms with Crippen molar-refractivity contribution in [1.29, 1.82) is 0 Å². The third-order valence-electron chi connectivity index (χ3n) is 3.40. The van der Waals surface area contributed by atoms with Gasteiger partial charge in [0.25, 0.3) is 0 Å². The van der Waals surface area contributed by atoms with Crippen LogP contribution in [0.4, 0.5) is 0 Å². The molecule has 4 heteroatoms. The predicted octanol–water partition coefficient (Wildman–Crippen LogP) is 1.07. The Balaban J connectivity index is 2.32. The topological polar surface area (TPSA) is 32.3 Å². The first-order valence-corrected chi connectivity index (χ1v) is 7.96. The SMILES string of the molecule is CC(CS(C)=O)NC(C)C1CCCN(C)C1. The van der Waals surface area contributed by atoms with Crippen molar-refractivity contribution in [2.24, 2.45) is 5.92 Å². The molecule has 1 saturated heterocycles. The van der Waals surface area contributed by atoms with E-state index in [9.17, 15) is 4.21 Å². The standard InChI is InChI=1S/C12H26N2OS/c1-10(9-16(4)15)13-11(2)12-6-5-7-14(3)8-12/h10-13H,5-9H2,1-4H3. The fraction of sp³-hybridized carbons (Fsp3) is 1.00. The van der Waals surface area contributed by atoms with Crippen molar-refractivity contribution in [2.45, 2.75) is 38.8 Å². The van der Waals surface area contributed by atoms with Gasteiger partial charge in [-0.1, -0.05) is 0 Å². The quantitative estimate of drug-likeness (QED) is 0.788. The number of piperidine rings is 1. The monoisotopic (exact) mass is 246 g/mol. The Morgan fingerprint density at radius 3 is 2.75 bits per heavy atom. The first-order valence-electron chi connectivity index (χ1n) is 6.23. The second kappa shape index (κ2) is 6.72. The minimum absolute atomic E-state index is 0.355. The number of likely N-dealkylation sites (tertiary alicyclic amines) is 1. The normalized spacial score (nSPS) is 28.6. The second-order valence-corrected chi connectivity index (χ2v) is 6.74.